The summed E-state index contributed by atoms with van der Waals surface area (Å²) < 4.78 is 10.6. The van der Waals surface area contributed by atoms with Gasteiger partial charge in [-0.2, -0.15) is 0 Å². The lowest BCUT2D eigenvalue weighted by Crippen LogP contribution is -2.05. The molecule has 0 amide bonds. The van der Waals surface area contributed by atoms with Crippen molar-refractivity contribution in [3.63, 3.8) is 0 Å². The minimum atomic E-state index is -0.506. The van der Waals surface area contributed by atoms with Crippen LogP contribution < -0.4 is 20.7 Å². The molecule has 0 spiro atoms. The van der Waals surface area contributed by atoms with Gasteiger partial charge in [0.2, 0.25) is 5.13 Å². The first-order chi connectivity index (χ1) is 9.63. The van der Waals surface area contributed by atoms with E-state index in [9.17, 15) is 10.1 Å². The zero-order valence-corrected chi connectivity index (χ0v) is 11.2. The normalized spacial score (nSPS) is 10.1. The predicted molar refractivity (Wildman–Crippen MR) is 71.7 cm³/mol. The zero-order chi connectivity index (χ0) is 14.5. The number of non-ortho nitro benzene ring substituents is 1. The molecular weight excluding hydrogens is 286 g/mol. The van der Waals surface area contributed by atoms with E-state index in [1.54, 1.807) is 0 Å². The lowest BCUT2D eigenvalue weighted by Gasteiger charge is -2.08. The van der Waals surface area contributed by atoms with E-state index in [2.05, 4.69) is 15.6 Å². The number of nitrogen functional groups attached to an aromatic ring is 1. The predicted octanol–water partition coefficient (Wildman–Crippen LogP) is 1.32. The number of nitro groups is 1. The van der Waals surface area contributed by atoms with Crippen molar-refractivity contribution in [2.75, 3.05) is 12.5 Å². The SMILES string of the molecule is COc1ccc([N+](=O)[O-])cc1OCc1nnc(NN)s1. The summed E-state index contributed by atoms with van der Waals surface area (Å²) in [5.41, 5.74) is 2.29. The third-order valence-electron chi connectivity index (χ3n) is 2.30. The van der Waals surface area contributed by atoms with Crippen LogP contribution in [0.15, 0.2) is 18.2 Å². The highest BCUT2D eigenvalue weighted by atomic mass is 32.1. The van der Waals surface area contributed by atoms with Crippen LogP contribution in [0.1, 0.15) is 5.01 Å². The molecule has 0 fully saturated rings. The van der Waals surface area contributed by atoms with E-state index in [0.717, 1.165) is 0 Å². The number of ether oxygens (including phenoxy) is 2. The van der Waals surface area contributed by atoms with Crippen LogP contribution in [-0.4, -0.2) is 22.2 Å². The Labute approximate surface area is 117 Å². The van der Waals surface area contributed by atoms with Gasteiger partial charge in [0.05, 0.1) is 18.1 Å². The highest BCUT2D eigenvalue weighted by Crippen LogP contribution is 2.32. The molecule has 2 rings (SSSR count). The second-order valence-corrected chi connectivity index (χ2v) is 4.59. The number of aromatic nitrogens is 2. The zero-order valence-electron chi connectivity index (χ0n) is 10.4. The van der Waals surface area contributed by atoms with Crippen molar-refractivity contribution in [2.45, 2.75) is 6.61 Å². The quantitative estimate of drug-likeness (QED) is 0.464. The van der Waals surface area contributed by atoms with Crippen LogP contribution in [0.5, 0.6) is 11.5 Å². The molecule has 2 aromatic rings. The Morgan fingerprint density at radius 3 is 2.85 bits per heavy atom. The number of hydrogen-bond donors (Lipinski definition) is 2. The lowest BCUT2D eigenvalue weighted by atomic mass is 10.3. The topological polar surface area (TPSA) is 125 Å². The first kappa shape index (κ1) is 14.0. The van der Waals surface area contributed by atoms with Gasteiger partial charge < -0.3 is 9.47 Å². The van der Waals surface area contributed by atoms with Gasteiger partial charge in [0.25, 0.3) is 5.69 Å². The maximum absolute atomic E-state index is 10.7. The van der Waals surface area contributed by atoms with Gasteiger partial charge in [-0.25, -0.2) is 5.84 Å². The van der Waals surface area contributed by atoms with Crippen LogP contribution in [0.25, 0.3) is 0 Å². The smallest absolute Gasteiger partial charge is 0.273 e. The largest absolute Gasteiger partial charge is 0.493 e. The number of hydrazine groups is 1. The van der Waals surface area contributed by atoms with Crippen LogP contribution >= 0.6 is 11.3 Å². The summed E-state index contributed by atoms with van der Waals surface area (Å²) in [5.74, 6) is 5.85. The summed E-state index contributed by atoms with van der Waals surface area (Å²) in [5, 5.41) is 19.4. The Bertz CT molecular complexity index is 617. The molecule has 20 heavy (non-hydrogen) atoms. The van der Waals surface area contributed by atoms with E-state index in [0.29, 0.717) is 15.9 Å². The van der Waals surface area contributed by atoms with Gasteiger partial charge in [-0.05, 0) is 6.07 Å². The minimum absolute atomic E-state index is 0.0811. The van der Waals surface area contributed by atoms with E-state index >= 15 is 0 Å². The van der Waals surface area contributed by atoms with Gasteiger partial charge in [-0.1, -0.05) is 11.3 Å². The highest BCUT2D eigenvalue weighted by Gasteiger charge is 2.13. The minimum Gasteiger partial charge on any atom is -0.493 e. The Morgan fingerprint density at radius 1 is 1.45 bits per heavy atom. The molecule has 106 valence electrons. The number of methoxy groups -OCH3 is 1. The van der Waals surface area contributed by atoms with Gasteiger partial charge in [0.15, 0.2) is 16.5 Å². The molecule has 9 nitrogen and oxygen atoms in total. The van der Waals surface area contributed by atoms with E-state index in [1.807, 2.05) is 0 Å². The van der Waals surface area contributed by atoms with Crippen LogP contribution in [0.2, 0.25) is 0 Å². The molecule has 0 aliphatic heterocycles. The summed E-state index contributed by atoms with van der Waals surface area (Å²) in [6, 6.07) is 4.11. The molecule has 0 aliphatic rings. The van der Waals surface area contributed by atoms with E-state index < -0.39 is 4.92 Å². The first-order valence-electron chi connectivity index (χ1n) is 5.38. The Balaban J connectivity index is 2.14. The molecule has 0 aliphatic carbocycles. The Morgan fingerprint density at radius 2 is 2.25 bits per heavy atom. The van der Waals surface area contributed by atoms with Crippen molar-refractivity contribution >= 4 is 22.2 Å². The van der Waals surface area contributed by atoms with Crippen molar-refractivity contribution in [1.29, 1.82) is 0 Å². The van der Waals surface area contributed by atoms with Crippen LogP contribution in [-0.2, 0) is 6.61 Å². The number of benzene rings is 1. The van der Waals surface area contributed by atoms with Crippen molar-refractivity contribution < 1.29 is 14.4 Å². The van der Waals surface area contributed by atoms with Gasteiger partial charge in [-0.15, -0.1) is 10.2 Å². The summed E-state index contributed by atoms with van der Waals surface area (Å²) in [6.45, 7) is 0.108. The number of anilines is 1. The van der Waals surface area contributed by atoms with Crippen molar-refractivity contribution in [2.24, 2.45) is 5.84 Å². The maximum atomic E-state index is 10.7. The number of nitrogens with two attached hydrogens (primary N) is 1. The van der Waals surface area contributed by atoms with Crippen molar-refractivity contribution in [1.82, 2.24) is 10.2 Å². The molecule has 0 unspecified atom stereocenters. The molecule has 10 heteroatoms. The van der Waals surface area contributed by atoms with Crippen LogP contribution in [0.3, 0.4) is 0 Å². The third kappa shape index (κ3) is 3.10. The van der Waals surface area contributed by atoms with E-state index in [1.165, 1.54) is 36.6 Å². The summed E-state index contributed by atoms with van der Waals surface area (Å²) in [6.07, 6.45) is 0. The number of nitro benzene ring substituents is 1. The van der Waals surface area contributed by atoms with E-state index in [-0.39, 0.29) is 18.0 Å². The second-order valence-electron chi connectivity index (χ2n) is 3.53. The monoisotopic (exact) mass is 297 g/mol. The number of hydrogen-bond acceptors (Lipinski definition) is 9. The van der Waals surface area contributed by atoms with Crippen molar-refractivity contribution in [3.05, 3.63) is 33.3 Å². The molecule has 0 bridgehead atoms. The number of nitrogens with zero attached hydrogens (tertiary/aromatic N) is 3. The fraction of sp³-hybridized carbons (Fsp3) is 0.200. The van der Waals surface area contributed by atoms with Crippen LogP contribution in [0.4, 0.5) is 10.8 Å². The lowest BCUT2D eigenvalue weighted by molar-refractivity contribution is -0.385. The number of nitrogens with one attached hydrogen (secondary N) is 1. The summed E-state index contributed by atoms with van der Waals surface area (Å²) in [4.78, 5) is 10.2. The molecule has 1 heterocycles. The molecular formula is C10H11N5O4S. The van der Waals surface area contributed by atoms with Crippen LogP contribution in [0, 0.1) is 10.1 Å². The molecule has 0 radical (unpaired) electrons. The Hall–Kier alpha value is -2.46. The highest BCUT2D eigenvalue weighted by molar-refractivity contribution is 7.15. The second kappa shape index (κ2) is 6.12. The standard InChI is InChI=1S/C10H11N5O4S/c1-18-7-3-2-6(15(16)17)4-8(7)19-5-9-13-14-10(12-11)20-9/h2-4H,5,11H2,1H3,(H,12,14). The molecule has 0 saturated heterocycles. The fourth-order valence-corrected chi connectivity index (χ4v) is 1.96. The van der Waals surface area contributed by atoms with Gasteiger partial charge in [0.1, 0.15) is 6.61 Å². The van der Waals surface area contributed by atoms with Gasteiger partial charge >= 0.3 is 0 Å². The average Bonchev–Trinajstić information content (AvgIpc) is 2.92. The molecule has 0 saturated carbocycles. The van der Waals surface area contributed by atoms with E-state index in [4.69, 9.17) is 15.3 Å². The maximum Gasteiger partial charge on any atom is 0.273 e. The third-order valence-corrected chi connectivity index (χ3v) is 3.13. The van der Waals surface area contributed by atoms with Gasteiger partial charge in [-0.3, -0.25) is 15.5 Å². The average molecular weight is 297 g/mol. The number of rotatable bonds is 6. The Kier molecular flexibility index (Phi) is 4.27. The summed E-state index contributed by atoms with van der Waals surface area (Å²) >= 11 is 1.22. The fourth-order valence-electron chi connectivity index (χ4n) is 1.40. The molecule has 1 aromatic heterocycles. The summed E-state index contributed by atoms with van der Waals surface area (Å²) in [7, 11) is 1.45. The first-order valence-corrected chi connectivity index (χ1v) is 6.20. The molecule has 3 N–H and O–H groups in total. The van der Waals surface area contributed by atoms with Crippen molar-refractivity contribution in [3.8, 4) is 11.5 Å². The molecule has 0 atom stereocenters. The van der Waals surface area contributed by atoms with Gasteiger partial charge in [0, 0.05) is 6.07 Å². The molecule has 1 aromatic carbocycles.